The molecule has 0 amide bonds. The minimum Gasteiger partial charge on any atom is -0.358 e. The first kappa shape index (κ1) is 13.5. The van der Waals surface area contributed by atoms with E-state index in [1.54, 1.807) is 24.3 Å². The van der Waals surface area contributed by atoms with Crippen LogP contribution in [0.5, 0.6) is 0 Å². The molecule has 0 spiro atoms. The van der Waals surface area contributed by atoms with E-state index in [0.29, 0.717) is 17.8 Å². The highest BCUT2D eigenvalue weighted by molar-refractivity contribution is 5.85. The number of H-pyrrole nitrogens is 1. The van der Waals surface area contributed by atoms with Gasteiger partial charge in [0.2, 0.25) is 0 Å². The van der Waals surface area contributed by atoms with Crippen LogP contribution >= 0.6 is 0 Å². The standard InChI is InChI=1S/C15H17F3N2/c1-20-8-4-5-10(9-20)14-13(15(16,17)18)11-6-2-3-7-12(11)19-14/h2-3,6-7,10,19H,4-5,8-9H2,1H3. The average molecular weight is 282 g/mol. The van der Waals surface area contributed by atoms with E-state index >= 15 is 0 Å². The molecule has 108 valence electrons. The number of aromatic nitrogens is 1. The molecule has 1 saturated heterocycles. The SMILES string of the molecule is CN1CCCC(c2[nH]c3ccccc3c2C(F)(F)F)C1. The molecule has 1 unspecified atom stereocenters. The van der Waals surface area contributed by atoms with Crippen molar-refractivity contribution < 1.29 is 13.2 Å². The van der Waals surface area contributed by atoms with Crippen LogP contribution in [0.3, 0.4) is 0 Å². The largest absolute Gasteiger partial charge is 0.418 e. The van der Waals surface area contributed by atoms with Crippen molar-refractivity contribution in [3.05, 3.63) is 35.5 Å². The lowest BCUT2D eigenvalue weighted by Crippen LogP contribution is -2.31. The number of hydrogen-bond acceptors (Lipinski definition) is 1. The first-order valence-corrected chi connectivity index (χ1v) is 6.83. The quantitative estimate of drug-likeness (QED) is 0.837. The minimum atomic E-state index is -4.31. The number of aromatic amines is 1. The summed E-state index contributed by atoms with van der Waals surface area (Å²) in [5.41, 5.74) is 0.446. The lowest BCUT2D eigenvalue weighted by molar-refractivity contribution is -0.137. The molecule has 0 bridgehead atoms. The summed E-state index contributed by atoms with van der Waals surface area (Å²) < 4.78 is 40.3. The van der Waals surface area contributed by atoms with Gasteiger partial charge in [-0.1, -0.05) is 18.2 Å². The molecule has 2 aromatic rings. The Balaban J connectivity index is 2.14. The van der Waals surface area contributed by atoms with Crippen LogP contribution in [0, 0.1) is 0 Å². The van der Waals surface area contributed by atoms with E-state index in [-0.39, 0.29) is 11.3 Å². The fourth-order valence-corrected chi connectivity index (χ4v) is 3.18. The molecule has 2 heterocycles. The fraction of sp³-hybridized carbons (Fsp3) is 0.467. The Morgan fingerprint density at radius 1 is 1.25 bits per heavy atom. The van der Waals surface area contributed by atoms with Crippen LogP contribution in [-0.2, 0) is 6.18 Å². The van der Waals surface area contributed by atoms with E-state index < -0.39 is 11.7 Å². The summed E-state index contributed by atoms with van der Waals surface area (Å²) in [7, 11) is 1.96. The van der Waals surface area contributed by atoms with E-state index in [0.717, 1.165) is 19.4 Å². The fourth-order valence-electron chi connectivity index (χ4n) is 3.18. The zero-order chi connectivity index (χ0) is 14.3. The molecular weight excluding hydrogens is 265 g/mol. The summed E-state index contributed by atoms with van der Waals surface area (Å²) in [6, 6.07) is 6.67. The molecule has 1 aliphatic rings. The second-order valence-corrected chi connectivity index (χ2v) is 5.56. The number of halogens is 3. The number of nitrogens with one attached hydrogen (secondary N) is 1. The highest BCUT2D eigenvalue weighted by atomic mass is 19.4. The first-order valence-electron chi connectivity index (χ1n) is 6.83. The third kappa shape index (κ3) is 2.30. The van der Waals surface area contributed by atoms with E-state index in [4.69, 9.17) is 0 Å². The number of alkyl halides is 3. The number of benzene rings is 1. The lowest BCUT2D eigenvalue weighted by Gasteiger charge is -2.30. The number of para-hydroxylation sites is 1. The molecule has 1 aromatic carbocycles. The Morgan fingerprint density at radius 2 is 2.00 bits per heavy atom. The highest BCUT2D eigenvalue weighted by Gasteiger charge is 2.39. The van der Waals surface area contributed by atoms with Crippen molar-refractivity contribution in [2.45, 2.75) is 24.9 Å². The Hall–Kier alpha value is -1.49. The Kier molecular flexibility index (Phi) is 3.24. The zero-order valence-electron chi connectivity index (χ0n) is 11.3. The maximum Gasteiger partial charge on any atom is 0.418 e. The molecule has 5 heteroatoms. The van der Waals surface area contributed by atoms with Crippen LogP contribution in [0.4, 0.5) is 13.2 Å². The van der Waals surface area contributed by atoms with Gasteiger partial charge in [0, 0.05) is 29.1 Å². The van der Waals surface area contributed by atoms with Crippen molar-refractivity contribution >= 4 is 10.9 Å². The predicted molar refractivity (Wildman–Crippen MR) is 72.8 cm³/mol. The second kappa shape index (κ2) is 4.81. The number of piperidine rings is 1. The van der Waals surface area contributed by atoms with Crippen LogP contribution in [-0.4, -0.2) is 30.0 Å². The van der Waals surface area contributed by atoms with Gasteiger partial charge in [-0.3, -0.25) is 0 Å². The Morgan fingerprint density at radius 3 is 2.70 bits per heavy atom. The number of nitrogens with zero attached hydrogens (tertiary/aromatic N) is 1. The molecular formula is C15H17F3N2. The summed E-state index contributed by atoms with van der Waals surface area (Å²) in [6.07, 6.45) is -2.57. The normalized spacial score (nSPS) is 21.5. The van der Waals surface area contributed by atoms with Crippen LogP contribution in [0.2, 0.25) is 0 Å². The number of likely N-dealkylation sites (tertiary alicyclic amines) is 1. The summed E-state index contributed by atoms with van der Waals surface area (Å²) in [5, 5.41) is 0.281. The molecule has 1 atom stereocenters. The van der Waals surface area contributed by atoms with Crippen LogP contribution < -0.4 is 0 Å². The Labute approximate surface area is 115 Å². The van der Waals surface area contributed by atoms with Gasteiger partial charge in [-0.05, 0) is 32.5 Å². The number of rotatable bonds is 1. The zero-order valence-corrected chi connectivity index (χ0v) is 11.3. The van der Waals surface area contributed by atoms with Gasteiger partial charge in [-0.25, -0.2) is 0 Å². The smallest absolute Gasteiger partial charge is 0.358 e. The second-order valence-electron chi connectivity index (χ2n) is 5.56. The van der Waals surface area contributed by atoms with Crippen molar-refractivity contribution in [2.24, 2.45) is 0 Å². The molecule has 1 N–H and O–H groups in total. The summed E-state index contributed by atoms with van der Waals surface area (Å²) in [5.74, 6) is -0.0715. The maximum atomic E-state index is 13.4. The van der Waals surface area contributed by atoms with E-state index in [9.17, 15) is 13.2 Å². The monoisotopic (exact) mass is 282 g/mol. The number of hydrogen-bond donors (Lipinski definition) is 1. The van der Waals surface area contributed by atoms with Gasteiger partial charge in [-0.15, -0.1) is 0 Å². The number of fused-ring (bicyclic) bond motifs is 1. The van der Waals surface area contributed by atoms with Gasteiger partial charge < -0.3 is 9.88 Å². The molecule has 2 nitrogen and oxygen atoms in total. The van der Waals surface area contributed by atoms with Gasteiger partial charge in [0.05, 0.1) is 5.56 Å². The number of likely N-dealkylation sites (N-methyl/N-ethyl adjacent to an activating group) is 1. The van der Waals surface area contributed by atoms with Crippen LogP contribution in [0.15, 0.2) is 24.3 Å². The molecule has 0 aliphatic carbocycles. The van der Waals surface area contributed by atoms with E-state index in [2.05, 4.69) is 9.88 Å². The third-order valence-corrected chi connectivity index (χ3v) is 4.05. The maximum absolute atomic E-state index is 13.4. The van der Waals surface area contributed by atoms with Crippen molar-refractivity contribution in [1.82, 2.24) is 9.88 Å². The summed E-state index contributed by atoms with van der Waals surface area (Å²) in [6.45, 7) is 1.63. The van der Waals surface area contributed by atoms with Gasteiger partial charge in [0.1, 0.15) is 0 Å². The molecule has 1 aliphatic heterocycles. The van der Waals surface area contributed by atoms with Gasteiger partial charge >= 0.3 is 6.18 Å². The molecule has 20 heavy (non-hydrogen) atoms. The van der Waals surface area contributed by atoms with Crippen molar-refractivity contribution in [3.63, 3.8) is 0 Å². The first-order chi connectivity index (χ1) is 9.47. The molecule has 3 rings (SSSR count). The van der Waals surface area contributed by atoms with Crippen molar-refractivity contribution in [3.8, 4) is 0 Å². The minimum absolute atomic E-state index is 0.0715. The van der Waals surface area contributed by atoms with Crippen LogP contribution in [0.25, 0.3) is 10.9 Å². The highest BCUT2D eigenvalue weighted by Crippen LogP contribution is 2.42. The summed E-state index contributed by atoms with van der Waals surface area (Å²) >= 11 is 0. The molecule has 1 fully saturated rings. The molecule has 1 aromatic heterocycles. The van der Waals surface area contributed by atoms with Gasteiger partial charge in [-0.2, -0.15) is 13.2 Å². The van der Waals surface area contributed by atoms with Gasteiger partial charge in [0.15, 0.2) is 0 Å². The van der Waals surface area contributed by atoms with Gasteiger partial charge in [0.25, 0.3) is 0 Å². The van der Waals surface area contributed by atoms with Crippen molar-refractivity contribution in [2.75, 3.05) is 20.1 Å². The van der Waals surface area contributed by atoms with E-state index in [1.165, 1.54) is 0 Å². The Bertz CT molecular complexity index is 615. The topological polar surface area (TPSA) is 19.0 Å². The van der Waals surface area contributed by atoms with E-state index in [1.807, 2.05) is 7.05 Å². The molecule has 0 saturated carbocycles. The third-order valence-electron chi connectivity index (χ3n) is 4.05. The summed E-state index contributed by atoms with van der Waals surface area (Å²) in [4.78, 5) is 5.11. The van der Waals surface area contributed by atoms with Crippen molar-refractivity contribution in [1.29, 1.82) is 0 Å². The lowest BCUT2D eigenvalue weighted by atomic mass is 9.92. The predicted octanol–water partition coefficient (Wildman–Crippen LogP) is 4.00. The molecule has 0 radical (unpaired) electrons. The average Bonchev–Trinajstić information content (AvgIpc) is 2.77. The van der Waals surface area contributed by atoms with Crippen LogP contribution in [0.1, 0.15) is 30.0 Å².